The van der Waals surface area contributed by atoms with Crippen molar-refractivity contribution in [3.8, 4) is 5.75 Å². The van der Waals surface area contributed by atoms with E-state index in [1.165, 1.54) is 25.1 Å². The summed E-state index contributed by atoms with van der Waals surface area (Å²) in [6.45, 7) is 3.45. The number of aliphatic hydroxyl groups is 3. The number of rotatable bonds is 5. The summed E-state index contributed by atoms with van der Waals surface area (Å²) in [5.41, 5.74) is 1.99. The topological polar surface area (TPSA) is 178 Å². The van der Waals surface area contributed by atoms with Gasteiger partial charge in [0.15, 0.2) is 11.4 Å². The fourth-order valence-electron chi connectivity index (χ4n) is 6.53. The molecule has 1 aromatic rings. The van der Waals surface area contributed by atoms with Crippen LogP contribution < -0.4 is 5.73 Å². The van der Waals surface area contributed by atoms with Crippen LogP contribution in [0, 0.1) is 21.3 Å². The third-order valence-electron chi connectivity index (χ3n) is 8.10. The van der Waals surface area contributed by atoms with Gasteiger partial charge >= 0.3 is 0 Å². The number of phenolic OH excluding ortho intramolecular Hbond substituents is 1. The highest BCUT2D eigenvalue weighted by molar-refractivity contribution is 14.1. The maximum atomic E-state index is 14.1. The molecule has 198 valence electrons. The van der Waals surface area contributed by atoms with Crippen LogP contribution in [0.3, 0.4) is 0 Å². The number of ketones is 3. The van der Waals surface area contributed by atoms with Gasteiger partial charge in [0.2, 0.25) is 5.78 Å². The van der Waals surface area contributed by atoms with E-state index < -0.39 is 69.9 Å². The molecule has 6 atom stereocenters. The van der Waals surface area contributed by atoms with Crippen LogP contribution >= 0.6 is 22.6 Å². The summed E-state index contributed by atoms with van der Waals surface area (Å²) < 4.78 is 0.708. The van der Waals surface area contributed by atoms with Crippen molar-refractivity contribution >= 4 is 51.6 Å². The Morgan fingerprint density at radius 2 is 1.78 bits per heavy atom. The molecule has 0 aromatic heterocycles. The van der Waals surface area contributed by atoms with Crippen molar-refractivity contribution in [1.82, 2.24) is 4.90 Å². The number of nitrogens with zero attached hydrogens (tertiary/aromatic N) is 1. The molecule has 0 saturated heterocycles. The summed E-state index contributed by atoms with van der Waals surface area (Å²) in [6, 6.07) is 1.76. The minimum absolute atomic E-state index is 0.0243. The van der Waals surface area contributed by atoms with Crippen molar-refractivity contribution in [2.75, 3.05) is 14.1 Å². The molecule has 4 rings (SSSR count). The zero-order valence-electron chi connectivity index (χ0n) is 20.8. The predicted octanol–water partition coefficient (Wildman–Crippen LogP) is 1.72. The molecule has 1 amide bonds. The van der Waals surface area contributed by atoms with Gasteiger partial charge in [-0.05, 0) is 66.2 Å². The first-order valence-electron chi connectivity index (χ1n) is 11.9. The summed E-state index contributed by atoms with van der Waals surface area (Å²) in [5, 5.41) is 45.1. The van der Waals surface area contributed by atoms with Crippen LogP contribution in [0.4, 0.5) is 0 Å². The fourth-order valence-corrected chi connectivity index (χ4v) is 7.47. The maximum Gasteiger partial charge on any atom is 0.255 e. The molecule has 10 nitrogen and oxygen atoms in total. The van der Waals surface area contributed by atoms with E-state index in [1.807, 2.05) is 0 Å². The van der Waals surface area contributed by atoms with Crippen LogP contribution in [0.25, 0.3) is 5.76 Å². The molecule has 0 unspecified atom stereocenters. The Hall–Kier alpha value is -2.77. The average Bonchev–Trinajstić information content (AvgIpc) is 2.81. The third-order valence-corrected chi connectivity index (χ3v) is 9.04. The highest BCUT2D eigenvalue weighted by Crippen LogP contribution is 2.59. The number of amides is 1. The standard InChI is InChI=1S/C26H29IN2O8/c1-5-10(30)8-11-14-9(2)15-12(27)6-7-13(31)16(15)21(32)17(14)23(34)26(37)19(11)20(29(3)4)22(33)18(24(26)35)25(28)36/h6-7,9,11,14,19-20,31-32,35,37H,5,8H2,1-4H3,(H2,28,36)/t9-,11+,14+,19+,20+,26+/m1/s1. The van der Waals surface area contributed by atoms with Crippen LogP contribution in [0.5, 0.6) is 5.75 Å². The Bertz CT molecular complexity index is 1320. The van der Waals surface area contributed by atoms with Gasteiger partial charge in [0.1, 0.15) is 28.6 Å². The number of carbonyl (C=O) groups is 4. The Morgan fingerprint density at radius 1 is 1.16 bits per heavy atom. The lowest BCUT2D eigenvalue weighted by molar-refractivity contribution is -0.162. The van der Waals surface area contributed by atoms with Crippen LogP contribution in [-0.2, 0) is 19.2 Å². The Morgan fingerprint density at radius 3 is 2.32 bits per heavy atom. The summed E-state index contributed by atoms with van der Waals surface area (Å²) in [4.78, 5) is 54.1. The van der Waals surface area contributed by atoms with Gasteiger partial charge in [0, 0.05) is 33.8 Å². The van der Waals surface area contributed by atoms with E-state index in [1.54, 1.807) is 19.9 Å². The monoisotopic (exact) mass is 624 g/mol. The number of aromatic hydroxyl groups is 1. The Kier molecular flexibility index (Phi) is 6.79. The minimum atomic E-state index is -2.82. The Labute approximate surface area is 227 Å². The van der Waals surface area contributed by atoms with E-state index in [4.69, 9.17) is 5.73 Å². The quantitative estimate of drug-likeness (QED) is 0.241. The summed E-state index contributed by atoms with van der Waals surface area (Å²) in [5.74, 6) is -9.13. The molecule has 3 aliphatic carbocycles. The number of fused-ring (bicyclic) bond motifs is 3. The number of hydrogen-bond donors (Lipinski definition) is 5. The molecular formula is C26H29IN2O8. The van der Waals surface area contributed by atoms with Crippen molar-refractivity contribution in [1.29, 1.82) is 0 Å². The first-order chi connectivity index (χ1) is 17.2. The van der Waals surface area contributed by atoms with Gasteiger partial charge in [-0.3, -0.25) is 24.1 Å². The van der Waals surface area contributed by atoms with E-state index in [0.717, 1.165) is 0 Å². The van der Waals surface area contributed by atoms with Gasteiger partial charge in [-0.1, -0.05) is 13.8 Å². The van der Waals surface area contributed by atoms with Gasteiger partial charge in [-0.25, -0.2) is 0 Å². The van der Waals surface area contributed by atoms with Crippen LogP contribution in [0.2, 0.25) is 0 Å². The summed E-state index contributed by atoms with van der Waals surface area (Å²) in [7, 11) is 3.05. The molecule has 0 radical (unpaired) electrons. The molecule has 3 aliphatic rings. The highest BCUT2D eigenvalue weighted by Gasteiger charge is 2.68. The number of nitrogens with two attached hydrogens (primary N) is 1. The first-order valence-corrected chi connectivity index (χ1v) is 13.0. The fraction of sp³-hybridized carbons (Fsp3) is 0.462. The van der Waals surface area contributed by atoms with Crippen molar-refractivity contribution in [3.05, 3.63) is 43.7 Å². The van der Waals surface area contributed by atoms with E-state index in [9.17, 15) is 39.6 Å². The zero-order chi connectivity index (χ0) is 27.7. The molecule has 6 N–H and O–H groups in total. The molecule has 0 spiro atoms. The van der Waals surface area contributed by atoms with Gasteiger partial charge in [0.25, 0.3) is 5.91 Å². The molecule has 11 heteroatoms. The number of primary amides is 1. The van der Waals surface area contributed by atoms with Crippen molar-refractivity contribution < 1.29 is 39.6 Å². The van der Waals surface area contributed by atoms with Gasteiger partial charge in [-0.15, -0.1) is 0 Å². The second-order valence-electron chi connectivity index (χ2n) is 10.2. The van der Waals surface area contributed by atoms with Gasteiger partial charge in [0.05, 0.1) is 11.6 Å². The molecule has 1 saturated carbocycles. The lowest BCUT2D eigenvalue weighted by Gasteiger charge is -2.55. The molecule has 0 bridgehead atoms. The maximum absolute atomic E-state index is 14.1. The molecule has 1 aromatic carbocycles. The van der Waals surface area contributed by atoms with E-state index in [-0.39, 0.29) is 35.5 Å². The summed E-state index contributed by atoms with van der Waals surface area (Å²) in [6.07, 6.45) is -0.0182. The number of Topliss-reactive ketones (excluding diaryl/α,β-unsaturated/α-hetero) is 3. The normalized spacial score (nSPS) is 31.3. The lowest BCUT2D eigenvalue weighted by Crippen LogP contribution is -2.69. The lowest BCUT2D eigenvalue weighted by atomic mass is 9.50. The highest BCUT2D eigenvalue weighted by atomic mass is 127. The van der Waals surface area contributed by atoms with Crippen LogP contribution in [-0.4, -0.2) is 74.3 Å². The number of halogens is 1. The zero-order valence-corrected chi connectivity index (χ0v) is 22.9. The number of phenols is 1. The number of benzene rings is 1. The molecule has 0 heterocycles. The number of hydrogen-bond acceptors (Lipinski definition) is 9. The smallest absolute Gasteiger partial charge is 0.255 e. The van der Waals surface area contributed by atoms with Crippen molar-refractivity contribution in [3.63, 3.8) is 0 Å². The molecule has 0 aliphatic heterocycles. The molecular weight excluding hydrogens is 595 g/mol. The predicted molar refractivity (Wildman–Crippen MR) is 140 cm³/mol. The minimum Gasteiger partial charge on any atom is -0.508 e. The van der Waals surface area contributed by atoms with Crippen molar-refractivity contribution in [2.45, 2.75) is 44.2 Å². The largest absolute Gasteiger partial charge is 0.508 e. The SMILES string of the molecule is CCC(=O)C[C@H]1[C@H]2C(=C(O)c3c(O)ccc(I)c3[C@@H]2C)C(=O)[C@]2(O)C(O)=C(C(N)=O)C(=O)[C@@H](N(C)C)[C@H]12. The second-order valence-corrected chi connectivity index (χ2v) is 11.3. The van der Waals surface area contributed by atoms with Gasteiger partial charge < -0.3 is 26.2 Å². The number of likely N-dealkylation sites (N-methyl/N-ethyl adjacent to an activating group) is 1. The van der Waals surface area contributed by atoms with Crippen molar-refractivity contribution in [2.24, 2.45) is 23.5 Å². The van der Waals surface area contributed by atoms with Crippen LogP contribution in [0.1, 0.15) is 43.7 Å². The molecule has 37 heavy (non-hydrogen) atoms. The van der Waals surface area contributed by atoms with E-state index in [0.29, 0.717) is 9.13 Å². The number of carbonyl (C=O) groups excluding carboxylic acids is 4. The molecule has 1 fully saturated rings. The van der Waals surface area contributed by atoms with E-state index in [2.05, 4.69) is 22.6 Å². The van der Waals surface area contributed by atoms with Crippen LogP contribution in [0.15, 0.2) is 29.0 Å². The van der Waals surface area contributed by atoms with Gasteiger partial charge in [-0.2, -0.15) is 0 Å². The third kappa shape index (κ3) is 3.65. The first kappa shape index (κ1) is 27.3. The average molecular weight is 624 g/mol. The Balaban J connectivity index is 2.14. The summed E-state index contributed by atoms with van der Waals surface area (Å²) >= 11 is 2.06. The number of aliphatic hydroxyl groups excluding tert-OH is 2. The van der Waals surface area contributed by atoms with E-state index >= 15 is 0 Å². The second kappa shape index (κ2) is 9.21.